The summed E-state index contributed by atoms with van der Waals surface area (Å²) in [5.41, 5.74) is 3.12. The molecule has 0 amide bonds. The van der Waals surface area contributed by atoms with Crippen molar-refractivity contribution in [2.24, 2.45) is 10.8 Å². The van der Waals surface area contributed by atoms with E-state index in [0.717, 1.165) is 0 Å². The number of nitrogens with one attached hydrogen (secondary N) is 1. The summed E-state index contributed by atoms with van der Waals surface area (Å²) < 4.78 is 0. The first-order valence-electron chi connectivity index (χ1n) is 3.56. The van der Waals surface area contributed by atoms with Gasteiger partial charge in [0, 0.05) is 0 Å². The molecule has 7 heteroatoms. The molecule has 0 unspecified atom stereocenters. The normalized spacial score (nSPS) is 8.87. The van der Waals surface area contributed by atoms with Gasteiger partial charge in [-0.2, -0.15) is 0 Å². The second kappa shape index (κ2) is 8.05. The smallest absolute Gasteiger partial charge is 0.335 e. The molecular weight excluding hydrogens is 241 g/mol. The van der Waals surface area contributed by atoms with Gasteiger partial charge in [0.1, 0.15) is 6.34 Å². The van der Waals surface area contributed by atoms with Gasteiger partial charge in [-0.05, 0) is 24.3 Å². The molecule has 0 saturated heterocycles. The second-order valence-corrected chi connectivity index (χ2v) is 2.28. The molecule has 0 aliphatic heterocycles. The average Bonchev–Trinajstić information content (AvgIpc) is 2.15. The molecule has 0 saturated carbocycles. The van der Waals surface area contributed by atoms with Gasteiger partial charge in [-0.25, -0.2) is 15.6 Å². The fourth-order valence-corrected chi connectivity index (χ4v) is 0.802. The Morgan fingerprint density at radius 3 is 2.27 bits per heavy atom. The van der Waals surface area contributed by atoms with E-state index in [1.807, 2.05) is 0 Å². The number of benzene rings is 1. The first kappa shape index (κ1) is 16.1. The van der Waals surface area contributed by atoms with Crippen molar-refractivity contribution in [3.8, 4) is 0 Å². The van der Waals surface area contributed by atoms with Gasteiger partial charge in [0.25, 0.3) is 0 Å². The molecule has 1 aromatic rings. The van der Waals surface area contributed by atoms with Gasteiger partial charge in [0.05, 0.1) is 11.3 Å². The minimum Gasteiger partial charge on any atom is -0.478 e. The van der Waals surface area contributed by atoms with Crippen LogP contribution in [0.3, 0.4) is 0 Å². The summed E-state index contributed by atoms with van der Waals surface area (Å²) >= 11 is 0. The van der Waals surface area contributed by atoms with Gasteiger partial charge in [-0.1, -0.05) is 0 Å². The van der Waals surface area contributed by atoms with Crippen LogP contribution in [-0.4, -0.2) is 17.4 Å². The third-order valence-corrected chi connectivity index (χ3v) is 1.40. The van der Waals surface area contributed by atoms with Gasteiger partial charge in [0.15, 0.2) is 0 Å². The van der Waals surface area contributed by atoms with E-state index in [4.69, 9.17) is 10.9 Å². The summed E-state index contributed by atoms with van der Waals surface area (Å²) in [6, 6.07) is 6.14. The Hall–Kier alpha value is -1.30. The molecule has 0 atom stereocenters. The molecule has 5 nitrogen and oxygen atoms in total. The number of hydrazine groups is 1. The molecule has 1 aromatic carbocycles. The lowest BCUT2D eigenvalue weighted by Gasteiger charge is -1.94. The highest BCUT2D eigenvalue weighted by atomic mass is 35.5. The topological polar surface area (TPSA) is 87.7 Å². The van der Waals surface area contributed by atoms with E-state index in [9.17, 15) is 4.79 Å². The average molecular weight is 252 g/mol. The van der Waals surface area contributed by atoms with Gasteiger partial charge in [0.2, 0.25) is 0 Å². The molecular formula is C8H11Cl2N3O2. The van der Waals surface area contributed by atoms with Crippen molar-refractivity contribution < 1.29 is 9.90 Å². The Morgan fingerprint density at radius 1 is 1.33 bits per heavy atom. The van der Waals surface area contributed by atoms with E-state index in [2.05, 4.69) is 10.4 Å². The van der Waals surface area contributed by atoms with Crippen LogP contribution >= 0.6 is 24.8 Å². The fraction of sp³-hybridized carbons (Fsp3) is 0. The number of nitrogens with zero attached hydrogens (tertiary/aromatic N) is 1. The zero-order chi connectivity index (χ0) is 9.68. The molecule has 84 valence electrons. The Bertz CT molecular complexity index is 327. The summed E-state index contributed by atoms with van der Waals surface area (Å²) in [6.45, 7) is 0. The molecule has 0 radical (unpaired) electrons. The van der Waals surface area contributed by atoms with Crippen LogP contribution in [0.1, 0.15) is 10.4 Å². The first-order valence-corrected chi connectivity index (χ1v) is 3.56. The minimum atomic E-state index is -0.951. The third-order valence-electron chi connectivity index (χ3n) is 1.40. The van der Waals surface area contributed by atoms with Crippen molar-refractivity contribution in [2.45, 2.75) is 0 Å². The molecule has 1 rings (SSSR count). The number of nitrogens with two attached hydrogens (primary N) is 1. The Morgan fingerprint density at radius 2 is 1.87 bits per heavy atom. The molecule has 0 aromatic heterocycles. The standard InChI is InChI=1S/C8H9N3O2.2ClH/c9-11-5-10-7-3-1-6(2-4-7)8(12)13;;/h1-5H,9H2,(H,10,11)(H,12,13);2*1H. The number of hydrogen-bond donors (Lipinski definition) is 3. The summed E-state index contributed by atoms with van der Waals surface area (Å²) in [5, 5.41) is 8.58. The number of carboxylic acid groups (broad SMARTS) is 1. The molecule has 0 aliphatic rings. The summed E-state index contributed by atoms with van der Waals surface area (Å²) in [5.74, 6) is 4.01. The number of hydrogen-bond acceptors (Lipinski definition) is 3. The third kappa shape index (κ3) is 5.21. The molecule has 4 N–H and O–H groups in total. The van der Waals surface area contributed by atoms with Gasteiger partial charge < -0.3 is 10.5 Å². The maximum absolute atomic E-state index is 10.5. The van der Waals surface area contributed by atoms with E-state index < -0.39 is 5.97 Å². The van der Waals surface area contributed by atoms with Crippen molar-refractivity contribution in [3.05, 3.63) is 29.8 Å². The van der Waals surface area contributed by atoms with Crippen LogP contribution in [-0.2, 0) is 0 Å². The van der Waals surface area contributed by atoms with Gasteiger partial charge in [-0.15, -0.1) is 24.8 Å². The molecule has 0 fully saturated rings. The number of carboxylic acids is 1. The SMILES string of the molecule is Cl.Cl.NNC=Nc1ccc(C(=O)O)cc1. The maximum atomic E-state index is 10.5. The summed E-state index contributed by atoms with van der Waals surface area (Å²) in [7, 11) is 0. The van der Waals surface area contributed by atoms with E-state index in [0.29, 0.717) is 5.69 Å². The van der Waals surface area contributed by atoms with Gasteiger partial charge >= 0.3 is 5.97 Å². The predicted octanol–water partition coefficient (Wildman–Crippen LogP) is 1.35. The first-order chi connectivity index (χ1) is 6.24. The second-order valence-electron chi connectivity index (χ2n) is 2.28. The number of aromatic carboxylic acids is 1. The van der Waals surface area contributed by atoms with E-state index in [1.54, 1.807) is 12.1 Å². The van der Waals surface area contributed by atoms with E-state index >= 15 is 0 Å². The monoisotopic (exact) mass is 251 g/mol. The number of rotatable bonds is 3. The van der Waals surface area contributed by atoms with Crippen molar-refractivity contribution in [1.29, 1.82) is 0 Å². The van der Waals surface area contributed by atoms with Crippen molar-refractivity contribution in [3.63, 3.8) is 0 Å². The predicted molar refractivity (Wildman–Crippen MR) is 63.4 cm³/mol. The molecule has 0 heterocycles. The quantitative estimate of drug-likeness (QED) is 0.328. The van der Waals surface area contributed by atoms with Crippen LogP contribution in [0.2, 0.25) is 0 Å². The van der Waals surface area contributed by atoms with Crippen LogP contribution in [0.15, 0.2) is 29.3 Å². The highest BCUT2D eigenvalue weighted by Crippen LogP contribution is 2.11. The molecule has 0 spiro atoms. The summed E-state index contributed by atoms with van der Waals surface area (Å²) in [6.07, 6.45) is 1.32. The fourth-order valence-electron chi connectivity index (χ4n) is 0.802. The molecule has 0 aliphatic carbocycles. The van der Waals surface area contributed by atoms with Crippen LogP contribution in [0.4, 0.5) is 5.69 Å². The number of carbonyl (C=O) groups is 1. The van der Waals surface area contributed by atoms with Crippen molar-refractivity contribution in [2.75, 3.05) is 0 Å². The number of halogens is 2. The Labute approximate surface area is 99.2 Å². The van der Waals surface area contributed by atoms with Crippen molar-refractivity contribution >= 4 is 42.8 Å². The van der Waals surface area contributed by atoms with E-state index in [1.165, 1.54) is 18.5 Å². The highest BCUT2D eigenvalue weighted by Gasteiger charge is 1.99. The van der Waals surface area contributed by atoms with Crippen LogP contribution < -0.4 is 11.3 Å². The van der Waals surface area contributed by atoms with E-state index in [-0.39, 0.29) is 30.4 Å². The lowest BCUT2D eigenvalue weighted by Crippen LogP contribution is -2.18. The van der Waals surface area contributed by atoms with Gasteiger partial charge in [-0.3, -0.25) is 0 Å². The lowest BCUT2D eigenvalue weighted by atomic mass is 10.2. The zero-order valence-corrected chi connectivity index (χ0v) is 9.22. The van der Waals surface area contributed by atoms with Crippen molar-refractivity contribution in [1.82, 2.24) is 5.43 Å². The van der Waals surface area contributed by atoms with Crippen LogP contribution in [0.5, 0.6) is 0 Å². The Balaban J connectivity index is 0. The maximum Gasteiger partial charge on any atom is 0.335 e. The highest BCUT2D eigenvalue weighted by molar-refractivity contribution is 5.88. The largest absolute Gasteiger partial charge is 0.478 e. The lowest BCUT2D eigenvalue weighted by molar-refractivity contribution is 0.0697. The minimum absolute atomic E-state index is 0. The Kier molecular flexibility index (Phi) is 8.66. The van der Waals surface area contributed by atoms with Crippen LogP contribution in [0, 0.1) is 0 Å². The molecule has 0 bridgehead atoms. The number of aliphatic imine (C=N–C) groups is 1. The zero-order valence-electron chi connectivity index (χ0n) is 7.58. The molecule has 15 heavy (non-hydrogen) atoms. The summed E-state index contributed by atoms with van der Waals surface area (Å²) in [4.78, 5) is 14.3. The van der Waals surface area contributed by atoms with Crippen LogP contribution in [0.25, 0.3) is 0 Å².